The molecular weight excluding hydrogens is 460 g/mol. The van der Waals surface area contributed by atoms with Crippen LogP contribution in [0.25, 0.3) is 0 Å². The lowest BCUT2D eigenvalue weighted by Crippen LogP contribution is -2.42. The molecule has 0 radical (unpaired) electrons. The molecule has 35 heavy (non-hydrogen) atoms. The summed E-state index contributed by atoms with van der Waals surface area (Å²) in [6.45, 7) is 6.85. The summed E-state index contributed by atoms with van der Waals surface area (Å²) in [4.78, 5) is 24.6. The number of carbonyl (C=O) groups is 1. The van der Waals surface area contributed by atoms with E-state index in [2.05, 4.69) is 36.3 Å². The molecule has 1 aromatic heterocycles. The van der Waals surface area contributed by atoms with Crippen molar-refractivity contribution in [3.8, 4) is 0 Å². The molecule has 1 saturated heterocycles. The Kier molecular flexibility index (Phi) is 6.81. The van der Waals surface area contributed by atoms with Gasteiger partial charge in [-0.3, -0.25) is 4.79 Å². The normalized spacial score (nSPS) is 21.7. The molecule has 1 aliphatic carbocycles. The van der Waals surface area contributed by atoms with Crippen LogP contribution in [0.3, 0.4) is 0 Å². The summed E-state index contributed by atoms with van der Waals surface area (Å²) in [5.41, 5.74) is 3.04. The van der Waals surface area contributed by atoms with Crippen LogP contribution in [0.15, 0.2) is 30.5 Å². The molecule has 8 nitrogen and oxygen atoms in total. The Bertz CT molecular complexity index is 1070. The van der Waals surface area contributed by atoms with E-state index in [0.717, 1.165) is 37.4 Å². The highest BCUT2D eigenvalue weighted by atomic mass is 32.2. The number of amides is 1. The lowest BCUT2D eigenvalue weighted by molar-refractivity contribution is 0.102. The van der Waals surface area contributed by atoms with Gasteiger partial charge in [-0.15, -0.1) is 0 Å². The number of anilines is 4. The number of hydrogen-bond acceptors (Lipinski definition) is 8. The Morgan fingerprint density at radius 3 is 2.91 bits per heavy atom. The molecule has 1 aromatic carbocycles. The molecule has 4 N–H and O–H groups in total. The van der Waals surface area contributed by atoms with Crippen molar-refractivity contribution < 1.29 is 9.90 Å². The Labute approximate surface area is 211 Å². The minimum atomic E-state index is -0.310. The summed E-state index contributed by atoms with van der Waals surface area (Å²) < 4.78 is 3.08. The van der Waals surface area contributed by atoms with Crippen molar-refractivity contribution in [1.29, 1.82) is 0 Å². The molecule has 2 aliphatic heterocycles. The van der Waals surface area contributed by atoms with Gasteiger partial charge in [0.25, 0.3) is 5.91 Å². The fourth-order valence-electron chi connectivity index (χ4n) is 5.24. The molecule has 3 heterocycles. The van der Waals surface area contributed by atoms with Crippen molar-refractivity contribution in [2.75, 3.05) is 46.5 Å². The molecule has 2 fully saturated rings. The summed E-state index contributed by atoms with van der Waals surface area (Å²) >= 11 is 1.49. The maximum Gasteiger partial charge on any atom is 0.258 e. The van der Waals surface area contributed by atoms with E-state index in [4.69, 9.17) is 0 Å². The zero-order chi connectivity index (χ0) is 24.5. The third-order valence-corrected chi connectivity index (χ3v) is 8.67. The van der Waals surface area contributed by atoms with E-state index in [1.807, 2.05) is 26.0 Å². The summed E-state index contributed by atoms with van der Waals surface area (Å²) in [7, 11) is 0. The van der Waals surface area contributed by atoms with E-state index in [0.29, 0.717) is 28.7 Å². The second kappa shape index (κ2) is 9.85. The van der Waals surface area contributed by atoms with Gasteiger partial charge in [-0.05, 0) is 93.5 Å². The van der Waals surface area contributed by atoms with Gasteiger partial charge in [-0.25, -0.2) is 4.98 Å². The van der Waals surface area contributed by atoms with Gasteiger partial charge < -0.3 is 25.4 Å². The van der Waals surface area contributed by atoms with Crippen LogP contribution in [-0.2, 0) is 0 Å². The number of hydrogen-bond donors (Lipinski definition) is 4. The zero-order valence-corrected chi connectivity index (χ0v) is 21.5. The Hall–Kier alpha value is -2.52. The monoisotopic (exact) mass is 496 g/mol. The molecule has 188 valence electrons. The molecule has 1 amide bonds. The largest absolute Gasteiger partial charge is 0.395 e. The number of benzene rings is 1. The van der Waals surface area contributed by atoms with E-state index in [9.17, 15) is 9.90 Å². The van der Waals surface area contributed by atoms with E-state index in [1.165, 1.54) is 44.1 Å². The number of rotatable bonds is 4. The molecule has 1 unspecified atom stereocenters. The average molecular weight is 497 g/mol. The number of aliphatic hydroxyl groups excluding tert-OH is 1. The molecule has 1 spiro atoms. The molecule has 5 rings (SSSR count). The van der Waals surface area contributed by atoms with Gasteiger partial charge in [0.2, 0.25) is 5.95 Å². The average Bonchev–Trinajstić information content (AvgIpc) is 3.63. The standard InChI is InChI=1S/C26H36N6O2S/c1-25(2,17-33)35-31-19-6-7-20-21(15-19)32-14-11-26(9-10-26)18(16-32)5-3-4-12-27-24-28-13-8-22(30-24)29-23(20)34/h6-8,13,15,18,31,33H,3-5,9-12,14,16-17H2,1-2H3,(H2,27,28,29,30,34). The third-order valence-electron chi connectivity index (χ3n) is 7.65. The first-order chi connectivity index (χ1) is 16.9. The predicted molar refractivity (Wildman–Crippen MR) is 143 cm³/mol. The topological polar surface area (TPSA) is 102 Å². The number of aliphatic hydroxyl groups is 1. The fourth-order valence-corrected chi connectivity index (χ4v) is 5.82. The number of fused-ring (bicyclic) bond motifs is 7. The highest BCUT2D eigenvalue weighted by molar-refractivity contribution is 8.01. The first-order valence-corrected chi connectivity index (χ1v) is 13.5. The van der Waals surface area contributed by atoms with Gasteiger partial charge >= 0.3 is 0 Å². The van der Waals surface area contributed by atoms with Crippen LogP contribution in [0.4, 0.5) is 23.1 Å². The minimum Gasteiger partial charge on any atom is -0.395 e. The maximum atomic E-state index is 13.4. The summed E-state index contributed by atoms with van der Waals surface area (Å²) in [5, 5.41) is 15.9. The number of nitrogens with one attached hydrogen (secondary N) is 3. The van der Waals surface area contributed by atoms with Gasteiger partial charge in [-0.1, -0.05) is 6.42 Å². The minimum absolute atomic E-state index is 0.0731. The summed E-state index contributed by atoms with van der Waals surface area (Å²) in [6.07, 6.45) is 8.99. The van der Waals surface area contributed by atoms with Gasteiger partial charge in [0.15, 0.2) is 0 Å². The fraction of sp³-hybridized carbons (Fsp3) is 0.577. The van der Waals surface area contributed by atoms with Gasteiger partial charge in [-0.2, -0.15) is 4.98 Å². The Morgan fingerprint density at radius 1 is 1.26 bits per heavy atom. The van der Waals surface area contributed by atoms with E-state index in [-0.39, 0.29) is 17.3 Å². The number of aromatic nitrogens is 2. The highest BCUT2D eigenvalue weighted by Gasteiger charge is 2.51. The van der Waals surface area contributed by atoms with Crippen LogP contribution >= 0.6 is 11.9 Å². The van der Waals surface area contributed by atoms with Crippen LogP contribution in [0.5, 0.6) is 0 Å². The van der Waals surface area contributed by atoms with Crippen molar-refractivity contribution in [1.82, 2.24) is 9.97 Å². The smallest absolute Gasteiger partial charge is 0.258 e. The SMILES string of the molecule is CC(C)(CO)SNc1ccc2c(c1)N1CCC3(CC3)C(CCCCNc3nccc(n3)NC2=O)C1. The molecule has 3 aliphatic rings. The van der Waals surface area contributed by atoms with Crippen LogP contribution in [0.1, 0.15) is 62.7 Å². The molecular formula is C26H36N6O2S. The van der Waals surface area contributed by atoms with Crippen LogP contribution in [0.2, 0.25) is 0 Å². The quantitative estimate of drug-likeness (QED) is 0.449. The molecule has 1 saturated carbocycles. The summed E-state index contributed by atoms with van der Waals surface area (Å²) in [5.74, 6) is 1.51. The van der Waals surface area contributed by atoms with Crippen LogP contribution in [-0.4, -0.2) is 52.0 Å². The van der Waals surface area contributed by atoms with Gasteiger partial charge in [0.05, 0.1) is 22.6 Å². The molecule has 2 aromatic rings. The van der Waals surface area contributed by atoms with Crippen LogP contribution < -0.4 is 20.3 Å². The van der Waals surface area contributed by atoms with E-state index >= 15 is 0 Å². The first kappa shape index (κ1) is 24.2. The Morgan fingerprint density at radius 2 is 2.11 bits per heavy atom. The second-order valence-electron chi connectivity index (χ2n) is 10.8. The van der Waals surface area contributed by atoms with Gasteiger partial charge in [0.1, 0.15) is 5.82 Å². The van der Waals surface area contributed by atoms with Gasteiger partial charge in [0, 0.05) is 31.5 Å². The van der Waals surface area contributed by atoms with Crippen molar-refractivity contribution in [3.63, 3.8) is 0 Å². The number of piperidine rings is 1. The maximum absolute atomic E-state index is 13.4. The Balaban J connectivity index is 1.48. The number of carbonyl (C=O) groups excluding carboxylic acids is 1. The van der Waals surface area contributed by atoms with Crippen molar-refractivity contribution in [2.24, 2.45) is 11.3 Å². The molecule has 4 bridgehead atoms. The second-order valence-corrected chi connectivity index (χ2v) is 12.3. The lowest BCUT2D eigenvalue weighted by atomic mass is 9.79. The predicted octanol–water partition coefficient (Wildman–Crippen LogP) is 4.76. The highest BCUT2D eigenvalue weighted by Crippen LogP contribution is 2.58. The summed E-state index contributed by atoms with van der Waals surface area (Å²) in [6, 6.07) is 7.64. The number of nitrogens with zero attached hydrogens (tertiary/aromatic N) is 3. The lowest BCUT2D eigenvalue weighted by Gasteiger charge is -2.41. The molecule has 1 atom stereocenters. The van der Waals surface area contributed by atoms with Crippen molar-refractivity contribution >= 4 is 41.0 Å². The van der Waals surface area contributed by atoms with Crippen LogP contribution in [0, 0.1) is 11.3 Å². The first-order valence-electron chi connectivity index (χ1n) is 12.7. The molecule has 9 heteroatoms. The van der Waals surface area contributed by atoms with E-state index < -0.39 is 0 Å². The van der Waals surface area contributed by atoms with Crippen molar-refractivity contribution in [3.05, 3.63) is 36.0 Å². The third kappa shape index (κ3) is 5.51. The van der Waals surface area contributed by atoms with E-state index in [1.54, 1.807) is 12.3 Å². The zero-order valence-electron chi connectivity index (χ0n) is 20.6. The van der Waals surface area contributed by atoms with Crippen molar-refractivity contribution in [2.45, 2.75) is 57.1 Å².